The molecule has 0 aliphatic heterocycles. The summed E-state index contributed by atoms with van der Waals surface area (Å²) >= 11 is 0. The molecule has 2 amide bonds. The van der Waals surface area contributed by atoms with Crippen molar-refractivity contribution >= 4 is 23.1 Å². The number of fused-ring (bicyclic) bond motifs is 1. The highest BCUT2D eigenvalue weighted by Crippen LogP contribution is 2.26. The Balaban J connectivity index is 1.83. The Bertz CT molecular complexity index is 1230. The van der Waals surface area contributed by atoms with Crippen LogP contribution in [0.3, 0.4) is 0 Å². The van der Waals surface area contributed by atoms with Gasteiger partial charge in [-0.25, -0.2) is 9.97 Å². The van der Waals surface area contributed by atoms with Gasteiger partial charge in [-0.3, -0.25) is 14.0 Å². The van der Waals surface area contributed by atoms with Gasteiger partial charge >= 0.3 is 0 Å². The van der Waals surface area contributed by atoms with Gasteiger partial charge in [0.05, 0.1) is 18.0 Å². The van der Waals surface area contributed by atoms with Gasteiger partial charge in [0.2, 0.25) is 0 Å². The van der Waals surface area contributed by atoms with Crippen LogP contribution in [0, 0.1) is 0 Å². The Morgan fingerprint density at radius 1 is 1.10 bits per heavy atom. The number of carbonyl (C=O) groups excluding carboxylic acids is 2. The summed E-state index contributed by atoms with van der Waals surface area (Å²) in [4.78, 5) is 33.6. The molecule has 4 rings (SSSR count). The average molecular weight is 401 g/mol. The summed E-state index contributed by atoms with van der Waals surface area (Å²) in [6.07, 6.45) is 1.36. The molecular weight excluding hydrogens is 382 g/mol. The number of benzene rings is 2. The first-order chi connectivity index (χ1) is 14.6. The molecule has 0 radical (unpaired) electrons. The van der Waals surface area contributed by atoms with E-state index in [4.69, 9.17) is 10.5 Å². The van der Waals surface area contributed by atoms with Crippen molar-refractivity contribution in [3.63, 3.8) is 0 Å². The fraction of sp³-hybridized carbons (Fsp3) is 0.0909. The molecule has 0 aliphatic rings. The number of aromatic nitrogens is 3. The lowest BCUT2D eigenvalue weighted by Gasteiger charge is -2.13. The van der Waals surface area contributed by atoms with Crippen LogP contribution in [0.4, 0.5) is 5.69 Å². The quantitative estimate of drug-likeness (QED) is 0.515. The predicted octanol–water partition coefficient (Wildman–Crippen LogP) is 3.15. The van der Waals surface area contributed by atoms with Crippen molar-refractivity contribution in [2.24, 2.45) is 5.73 Å². The molecule has 0 saturated heterocycles. The molecule has 8 nitrogen and oxygen atoms in total. The van der Waals surface area contributed by atoms with E-state index >= 15 is 0 Å². The van der Waals surface area contributed by atoms with E-state index in [9.17, 15) is 9.59 Å². The topological polar surface area (TPSA) is 112 Å². The van der Waals surface area contributed by atoms with Gasteiger partial charge in [-0.2, -0.15) is 0 Å². The second-order valence-corrected chi connectivity index (χ2v) is 6.43. The first-order valence-electron chi connectivity index (χ1n) is 9.35. The largest absolute Gasteiger partial charge is 0.492 e. The molecule has 4 aromatic rings. The molecule has 150 valence electrons. The van der Waals surface area contributed by atoms with Crippen LogP contribution in [0.2, 0.25) is 0 Å². The molecule has 0 bridgehead atoms. The van der Waals surface area contributed by atoms with Gasteiger partial charge in [0.1, 0.15) is 17.8 Å². The predicted molar refractivity (Wildman–Crippen MR) is 113 cm³/mol. The van der Waals surface area contributed by atoms with E-state index in [0.29, 0.717) is 23.7 Å². The standard InChI is InChI=1S/C22H19N5O3/c1-2-30-18-11-7-6-10-15(18)26-22(29)17-12-16(14-8-4-3-5-9-14)25-21-19(20(23)28)24-13-27(17)21/h3-13H,2H2,1H3,(H2,23,28)(H,26,29). The number of amides is 2. The normalized spacial score (nSPS) is 10.7. The molecule has 0 saturated carbocycles. The van der Waals surface area contributed by atoms with Crippen molar-refractivity contribution in [1.82, 2.24) is 14.4 Å². The van der Waals surface area contributed by atoms with E-state index < -0.39 is 11.8 Å². The highest BCUT2D eigenvalue weighted by Gasteiger charge is 2.20. The zero-order valence-corrected chi connectivity index (χ0v) is 16.2. The van der Waals surface area contributed by atoms with Gasteiger partial charge in [-0.1, -0.05) is 42.5 Å². The van der Waals surface area contributed by atoms with E-state index in [1.807, 2.05) is 43.3 Å². The lowest BCUT2D eigenvalue weighted by molar-refractivity contribution is 0.0993. The maximum atomic E-state index is 13.2. The van der Waals surface area contributed by atoms with Crippen molar-refractivity contribution < 1.29 is 14.3 Å². The number of hydrogen-bond donors (Lipinski definition) is 2. The van der Waals surface area contributed by atoms with Crippen LogP contribution in [0.25, 0.3) is 16.9 Å². The molecule has 0 spiro atoms. The van der Waals surface area contributed by atoms with Crippen molar-refractivity contribution in [3.8, 4) is 17.0 Å². The van der Waals surface area contributed by atoms with Gasteiger partial charge in [0, 0.05) is 5.56 Å². The third-order valence-electron chi connectivity index (χ3n) is 4.47. The summed E-state index contributed by atoms with van der Waals surface area (Å²) in [5.74, 6) is -0.561. The molecule has 0 atom stereocenters. The molecule has 0 unspecified atom stereocenters. The van der Waals surface area contributed by atoms with Crippen LogP contribution in [-0.2, 0) is 0 Å². The van der Waals surface area contributed by atoms with Crippen LogP contribution in [0.5, 0.6) is 5.75 Å². The Morgan fingerprint density at radius 3 is 2.57 bits per heavy atom. The number of anilines is 1. The highest BCUT2D eigenvalue weighted by molar-refractivity contribution is 6.05. The van der Waals surface area contributed by atoms with E-state index in [1.54, 1.807) is 24.3 Å². The Kier molecular flexibility index (Phi) is 5.13. The number of nitrogens with one attached hydrogen (secondary N) is 1. The van der Waals surface area contributed by atoms with Gasteiger partial charge in [0.15, 0.2) is 11.3 Å². The Morgan fingerprint density at radius 2 is 1.83 bits per heavy atom. The van der Waals surface area contributed by atoms with Crippen molar-refractivity contribution in [1.29, 1.82) is 0 Å². The third-order valence-corrected chi connectivity index (χ3v) is 4.47. The summed E-state index contributed by atoms with van der Waals surface area (Å²) in [6.45, 7) is 2.34. The minimum absolute atomic E-state index is 0.00320. The maximum Gasteiger partial charge on any atom is 0.272 e. The molecule has 2 heterocycles. The number of carbonyl (C=O) groups is 2. The van der Waals surface area contributed by atoms with Gasteiger partial charge in [0.25, 0.3) is 11.8 Å². The van der Waals surface area contributed by atoms with Crippen LogP contribution in [-0.4, -0.2) is 32.8 Å². The number of hydrogen-bond acceptors (Lipinski definition) is 5. The Hall–Kier alpha value is -4.20. The van der Waals surface area contributed by atoms with Crippen LogP contribution in [0.15, 0.2) is 67.0 Å². The summed E-state index contributed by atoms with van der Waals surface area (Å²) < 4.78 is 7.03. The lowest BCUT2D eigenvalue weighted by atomic mass is 10.1. The van der Waals surface area contributed by atoms with Crippen LogP contribution in [0.1, 0.15) is 27.9 Å². The zero-order chi connectivity index (χ0) is 21.1. The van der Waals surface area contributed by atoms with Crippen molar-refractivity contribution in [3.05, 3.63) is 78.4 Å². The van der Waals surface area contributed by atoms with Crippen molar-refractivity contribution in [2.45, 2.75) is 6.92 Å². The monoisotopic (exact) mass is 401 g/mol. The van der Waals surface area contributed by atoms with E-state index in [0.717, 1.165) is 5.56 Å². The summed E-state index contributed by atoms with van der Waals surface area (Å²) in [5, 5.41) is 2.86. The minimum atomic E-state index is -0.719. The molecule has 2 aromatic carbocycles. The average Bonchev–Trinajstić information content (AvgIpc) is 3.19. The smallest absolute Gasteiger partial charge is 0.272 e. The van der Waals surface area contributed by atoms with E-state index in [1.165, 1.54) is 10.7 Å². The number of imidazole rings is 1. The van der Waals surface area contributed by atoms with E-state index in [2.05, 4.69) is 15.3 Å². The minimum Gasteiger partial charge on any atom is -0.492 e. The number of rotatable bonds is 6. The second kappa shape index (κ2) is 8.04. The highest BCUT2D eigenvalue weighted by atomic mass is 16.5. The molecule has 0 fully saturated rings. The number of nitrogens with zero attached hydrogens (tertiary/aromatic N) is 3. The number of para-hydroxylation sites is 2. The fourth-order valence-corrected chi connectivity index (χ4v) is 3.11. The molecule has 8 heteroatoms. The van der Waals surface area contributed by atoms with Crippen molar-refractivity contribution in [2.75, 3.05) is 11.9 Å². The van der Waals surface area contributed by atoms with Gasteiger partial charge in [-0.15, -0.1) is 0 Å². The number of nitrogens with two attached hydrogens (primary N) is 1. The first kappa shape index (κ1) is 19.1. The summed E-state index contributed by atoms with van der Waals surface area (Å²) in [6, 6.07) is 18.2. The number of primary amides is 1. The van der Waals surface area contributed by atoms with Crippen LogP contribution >= 0.6 is 0 Å². The number of ether oxygens (including phenoxy) is 1. The summed E-state index contributed by atoms with van der Waals surface area (Å²) in [5.41, 5.74) is 7.76. The fourth-order valence-electron chi connectivity index (χ4n) is 3.11. The third kappa shape index (κ3) is 3.58. The second-order valence-electron chi connectivity index (χ2n) is 6.43. The zero-order valence-electron chi connectivity index (χ0n) is 16.2. The maximum absolute atomic E-state index is 13.2. The SMILES string of the molecule is CCOc1ccccc1NC(=O)c1cc(-c2ccccc2)nc2c(C(N)=O)ncn12. The molecule has 2 aromatic heterocycles. The lowest BCUT2D eigenvalue weighted by Crippen LogP contribution is -2.18. The van der Waals surface area contributed by atoms with Gasteiger partial charge < -0.3 is 15.8 Å². The molecule has 30 heavy (non-hydrogen) atoms. The molecule has 3 N–H and O–H groups in total. The first-order valence-corrected chi connectivity index (χ1v) is 9.35. The van der Waals surface area contributed by atoms with Gasteiger partial charge in [-0.05, 0) is 25.1 Å². The molecule has 0 aliphatic carbocycles. The Labute approximate surface area is 172 Å². The van der Waals surface area contributed by atoms with E-state index in [-0.39, 0.29) is 17.0 Å². The van der Waals surface area contributed by atoms with Crippen LogP contribution < -0.4 is 15.8 Å². The summed E-state index contributed by atoms with van der Waals surface area (Å²) in [7, 11) is 0. The molecular formula is C22H19N5O3.